The molecule has 4 rings (SSSR count). The second-order valence-corrected chi connectivity index (χ2v) is 6.37. The summed E-state index contributed by atoms with van der Waals surface area (Å²) in [7, 11) is 1.61. The van der Waals surface area contributed by atoms with Gasteiger partial charge in [-0.2, -0.15) is 5.10 Å². The van der Waals surface area contributed by atoms with Gasteiger partial charge in [0.15, 0.2) is 5.84 Å². The molecule has 27 heavy (non-hydrogen) atoms. The molecule has 134 valence electrons. The van der Waals surface area contributed by atoms with Crippen LogP contribution in [0.3, 0.4) is 0 Å². The summed E-state index contributed by atoms with van der Waals surface area (Å²) in [4.78, 5) is 4.65. The van der Waals surface area contributed by atoms with Gasteiger partial charge in [-0.05, 0) is 66.7 Å². The quantitative estimate of drug-likeness (QED) is 0.702. The van der Waals surface area contributed by atoms with Crippen LogP contribution in [-0.2, 0) is 0 Å². The van der Waals surface area contributed by atoms with Gasteiger partial charge in [0.05, 0.1) is 12.8 Å². The lowest BCUT2D eigenvalue weighted by molar-refractivity contribution is 0.415. The van der Waals surface area contributed by atoms with E-state index in [0.29, 0.717) is 27.8 Å². The van der Waals surface area contributed by atoms with Crippen molar-refractivity contribution in [3.63, 3.8) is 0 Å². The Morgan fingerprint density at radius 3 is 2.33 bits per heavy atom. The number of hydrazone groups is 1. The normalized spacial score (nSPS) is 13.0. The summed E-state index contributed by atoms with van der Waals surface area (Å²) in [6, 6.07) is 19.2. The molecular formula is C21H15ClFN3O. The molecule has 0 saturated heterocycles. The zero-order valence-electron chi connectivity index (χ0n) is 14.4. The van der Waals surface area contributed by atoms with Gasteiger partial charge >= 0.3 is 0 Å². The number of amidine groups is 1. The maximum absolute atomic E-state index is 13.9. The summed E-state index contributed by atoms with van der Waals surface area (Å²) in [6.45, 7) is 0. The molecular weight excluding hydrogens is 365 g/mol. The highest BCUT2D eigenvalue weighted by Crippen LogP contribution is 2.27. The summed E-state index contributed by atoms with van der Waals surface area (Å²) >= 11 is 5.97. The first kappa shape index (κ1) is 17.2. The fraction of sp³-hybridized carbons (Fsp3) is 0.0476. The van der Waals surface area contributed by atoms with Crippen LogP contribution in [-0.4, -0.2) is 18.7 Å². The van der Waals surface area contributed by atoms with Gasteiger partial charge in [-0.15, -0.1) is 0 Å². The van der Waals surface area contributed by atoms with Crippen molar-refractivity contribution in [3.05, 3.63) is 94.3 Å². The predicted octanol–water partition coefficient (Wildman–Crippen LogP) is 4.92. The first-order valence-electron chi connectivity index (χ1n) is 8.27. The van der Waals surface area contributed by atoms with Crippen molar-refractivity contribution in [2.24, 2.45) is 10.1 Å². The zero-order chi connectivity index (χ0) is 18.8. The fourth-order valence-electron chi connectivity index (χ4n) is 2.82. The molecule has 0 bridgehead atoms. The van der Waals surface area contributed by atoms with Crippen molar-refractivity contribution < 1.29 is 9.13 Å². The number of hydrogen-bond acceptors (Lipinski definition) is 4. The molecule has 6 heteroatoms. The third kappa shape index (κ3) is 3.55. The SMILES string of the molecule is COc1ccc(C2=NNC(c3ccc(Cl)cc3)=Nc3ccc(F)cc32)cc1. The van der Waals surface area contributed by atoms with Gasteiger partial charge in [0.2, 0.25) is 0 Å². The molecule has 0 atom stereocenters. The van der Waals surface area contributed by atoms with Gasteiger partial charge in [-0.3, -0.25) is 5.43 Å². The number of aliphatic imine (C=N–C) groups is 1. The maximum Gasteiger partial charge on any atom is 0.154 e. The monoisotopic (exact) mass is 379 g/mol. The Bertz CT molecular complexity index is 1040. The Morgan fingerprint density at radius 1 is 0.926 bits per heavy atom. The Kier molecular flexibility index (Phi) is 4.60. The van der Waals surface area contributed by atoms with E-state index in [4.69, 9.17) is 16.3 Å². The highest BCUT2D eigenvalue weighted by Gasteiger charge is 2.18. The van der Waals surface area contributed by atoms with Crippen molar-refractivity contribution in [2.45, 2.75) is 0 Å². The van der Waals surface area contributed by atoms with Crippen LogP contribution in [0.5, 0.6) is 5.75 Å². The summed E-state index contributed by atoms with van der Waals surface area (Å²) in [5.74, 6) is 0.946. The molecule has 0 amide bonds. The molecule has 0 spiro atoms. The topological polar surface area (TPSA) is 46.0 Å². The minimum absolute atomic E-state index is 0.347. The van der Waals surface area contributed by atoms with Crippen molar-refractivity contribution >= 4 is 28.8 Å². The van der Waals surface area contributed by atoms with Gasteiger partial charge in [0.25, 0.3) is 0 Å². The number of hydrogen-bond donors (Lipinski definition) is 1. The van der Waals surface area contributed by atoms with Gasteiger partial charge in [-0.25, -0.2) is 9.38 Å². The fourth-order valence-corrected chi connectivity index (χ4v) is 2.94. The molecule has 1 aliphatic heterocycles. The van der Waals surface area contributed by atoms with E-state index >= 15 is 0 Å². The molecule has 4 nitrogen and oxygen atoms in total. The molecule has 1 N–H and O–H groups in total. The average molecular weight is 380 g/mol. The maximum atomic E-state index is 13.9. The largest absolute Gasteiger partial charge is 0.497 e. The number of benzene rings is 3. The molecule has 0 unspecified atom stereocenters. The van der Waals surface area contributed by atoms with Crippen LogP contribution < -0.4 is 10.2 Å². The lowest BCUT2D eigenvalue weighted by Gasteiger charge is -2.08. The molecule has 3 aromatic rings. The van der Waals surface area contributed by atoms with Crippen LogP contribution in [0.1, 0.15) is 16.7 Å². The van der Waals surface area contributed by atoms with Gasteiger partial charge in [0, 0.05) is 21.7 Å². The van der Waals surface area contributed by atoms with Crippen LogP contribution in [0.4, 0.5) is 10.1 Å². The van der Waals surface area contributed by atoms with E-state index < -0.39 is 0 Å². The van der Waals surface area contributed by atoms with E-state index in [2.05, 4.69) is 15.5 Å². The highest BCUT2D eigenvalue weighted by atomic mass is 35.5. The third-order valence-corrected chi connectivity index (χ3v) is 4.45. The van der Waals surface area contributed by atoms with Crippen molar-refractivity contribution in [1.29, 1.82) is 0 Å². The van der Waals surface area contributed by atoms with Crippen LogP contribution in [0.2, 0.25) is 5.02 Å². The number of halogens is 2. The van der Waals surface area contributed by atoms with Crippen LogP contribution in [0, 0.1) is 5.82 Å². The smallest absolute Gasteiger partial charge is 0.154 e. The van der Waals surface area contributed by atoms with Crippen LogP contribution in [0.15, 0.2) is 76.8 Å². The van der Waals surface area contributed by atoms with Gasteiger partial charge in [-0.1, -0.05) is 11.6 Å². The predicted molar refractivity (Wildman–Crippen MR) is 106 cm³/mol. The minimum Gasteiger partial charge on any atom is -0.497 e. The molecule has 0 aromatic heterocycles. The standard InChI is InChI=1S/C21H15ClFN3O/c1-27-17-9-4-13(5-10-17)20-18-12-16(23)8-11-19(18)24-21(26-25-20)14-2-6-15(22)7-3-14/h2-12H,1H3,(H,24,26). The molecule has 1 heterocycles. The molecule has 3 aromatic carbocycles. The van der Waals surface area contributed by atoms with E-state index in [-0.39, 0.29) is 5.82 Å². The van der Waals surface area contributed by atoms with E-state index in [1.807, 2.05) is 36.4 Å². The summed E-state index contributed by atoms with van der Waals surface area (Å²) in [5.41, 5.74) is 6.48. The summed E-state index contributed by atoms with van der Waals surface area (Å²) in [5, 5.41) is 5.14. The lowest BCUT2D eigenvalue weighted by Crippen LogP contribution is -2.19. The Balaban J connectivity index is 1.83. The number of methoxy groups -OCH3 is 1. The number of nitrogens with zero attached hydrogens (tertiary/aromatic N) is 2. The minimum atomic E-state index is -0.347. The third-order valence-electron chi connectivity index (χ3n) is 4.20. The van der Waals surface area contributed by atoms with Gasteiger partial charge < -0.3 is 4.74 Å². The van der Waals surface area contributed by atoms with Crippen LogP contribution >= 0.6 is 11.6 Å². The molecule has 0 fully saturated rings. The first-order chi connectivity index (χ1) is 13.1. The molecule has 0 radical (unpaired) electrons. The Labute approximate surface area is 161 Å². The number of rotatable bonds is 3. The van der Waals surface area contributed by atoms with E-state index in [1.54, 1.807) is 25.3 Å². The summed E-state index contributed by atoms with van der Waals surface area (Å²) in [6.07, 6.45) is 0. The molecule has 0 aliphatic carbocycles. The number of ether oxygens (including phenoxy) is 1. The number of fused-ring (bicyclic) bond motifs is 1. The molecule has 1 aliphatic rings. The second kappa shape index (κ2) is 7.21. The van der Waals surface area contributed by atoms with Gasteiger partial charge in [0.1, 0.15) is 17.3 Å². The lowest BCUT2D eigenvalue weighted by atomic mass is 10.0. The van der Waals surface area contributed by atoms with Crippen molar-refractivity contribution in [1.82, 2.24) is 5.43 Å². The average Bonchev–Trinajstić information content (AvgIpc) is 2.88. The Hall–Kier alpha value is -3.18. The highest BCUT2D eigenvalue weighted by molar-refractivity contribution is 6.30. The van der Waals surface area contributed by atoms with Crippen molar-refractivity contribution in [2.75, 3.05) is 7.11 Å². The van der Waals surface area contributed by atoms with Crippen molar-refractivity contribution in [3.8, 4) is 5.75 Å². The van der Waals surface area contributed by atoms with E-state index in [1.165, 1.54) is 12.1 Å². The zero-order valence-corrected chi connectivity index (χ0v) is 15.2. The second-order valence-electron chi connectivity index (χ2n) is 5.93. The summed E-state index contributed by atoms with van der Waals surface area (Å²) < 4.78 is 19.1. The van der Waals surface area contributed by atoms with E-state index in [0.717, 1.165) is 16.9 Å². The van der Waals surface area contributed by atoms with Crippen LogP contribution in [0.25, 0.3) is 0 Å². The first-order valence-corrected chi connectivity index (χ1v) is 8.64. The van der Waals surface area contributed by atoms with E-state index in [9.17, 15) is 4.39 Å². The number of nitrogens with one attached hydrogen (secondary N) is 1. The molecule has 0 saturated carbocycles. The Morgan fingerprint density at radius 2 is 1.63 bits per heavy atom.